The number of amides is 1. The maximum absolute atomic E-state index is 12.4. The predicted octanol–water partition coefficient (Wildman–Crippen LogP) is 3.26. The Hall–Kier alpha value is -2.97. The van der Waals surface area contributed by atoms with E-state index in [0.717, 1.165) is 36.5 Å². The van der Waals surface area contributed by atoms with Crippen LogP contribution in [0.1, 0.15) is 15.9 Å². The molecule has 1 aromatic carbocycles. The summed E-state index contributed by atoms with van der Waals surface area (Å²) in [4.78, 5) is 25.3. The van der Waals surface area contributed by atoms with Crippen molar-refractivity contribution in [1.82, 2.24) is 4.98 Å². The second kappa shape index (κ2) is 5.80. The van der Waals surface area contributed by atoms with Gasteiger partial charge in [-0.25, -0.2) is 4.98 Å². The number of alkyl halides is 3. The lowest BCUT2D eigenvalue weighted by atomic mass is 10.1. The van der Waals surface area contributed by atoms with Gasteiger partial charge in [0.2, 0.25) is 0 Å². The number of carbonyl (C=O) groups excluding carboxylic acids is 1. The van der Waals surface area contributed by atoms with Crippen LogP contribution in [0.15, 0.2) is 42.6 Å². The number of carbonyl (C=O) groups is 1. The Labute approximate surface area is 121 Å². The third kappa shape index (κ3) is 3.57. The predicted molar refractivity (Wildman–Crippen MR) is 70.3 cm³/mol. The molecule has 0 aliphatic heterocycles. The van der Waals surface area contributed by atoms with Crippen LogP contribution in [0.4, 0.5) is 24.7 Å². The maximum Gasteiger partial charge on any atom is 0.416 e. The summed E-state index contributed by atoms with van der Waals surface area (Å²) < 4.78 is 37.2. The molecule has 0 saturated heterocycles. The number of hydrogen-bond acceptors (Lipinski definition) is 4. The minimum absolute atomic E-state index is 0.00755. The van der Waals surface area contributed by atoms with E-state index in [0.29, 0.717) is 0 Å². The molecule has 0 radical (unpaired) electrons. The summed E-state index contributed by atoms with van der Waals surface area (Å²) in [5.74, 6) is -0.620. The van der Waals surface area contributed by atoms with Crippen LogP contribution in [0.2, 0.25) is 0 Å². The van der Waals surface area contributed by atoms with E-state index in [1.54, 1.807) is 0 Å². The molecule has 1 amide bonds. The quantitative estimate of drug-likeness (QED) is 0.696. The van der Waals surface area contributed by atoms with Gasteiger partial charge in [0.25, 0.3) is 11.6 Å². The third-order valence-corrected chi connectivity index (χ3v) is 2.67. The van der Waals surface area contributed by atoms with Crippen molar-refractivity contribution in [2.45, 2.75) is 6.18 Å². The average Bonchev–Trinajstić information content (AvgIpc) is 2.47. The monoisotopic (exact) mass is 311 g/mol. The smallest absolute Gasteiger partial charge is 0.307 e. The van der Waals surface area contributed by atoms with Gasteiger partial charge in [0.15, 0.2) is 0 Å². The van der Waals surface area contributed by atoms with E-state index in [1.165, 1.54) is 6.07 Å². The molecule has 1 heterocycles. The molecule has 0 atom stereocenters. The van der Waals surface area contributed by atoms with Crippen molar-refractivity contribution >= 4 is 17.4 Å². The molecular formula is C13H8F3N3O3. The van der Waals surface area contributed by atoms with Crippen molar-refractivity contribution in [1.29, 1.82) is 0 Å². The van der Waals surface area contributed by atoms with Gasteiger partial charge >= 0.3 is 6.18 Å². The van der Waals surface area contributed by atoms with Gasteiger partial charge in [-0.2, -0.15) is 13.2 Å². The molecule has 1 aromatic heterocycles. The molecule has 0 aliphatic carbocycles. The molecular weight excluding hydrogens is 303 g/mol. The summed E-state index contributed by atoms with van der Waals surface area (Å²) in [5, 5.41) is 12.8. The number of nitro groups is 1. The molecule has 22 heavy (non-hydrogen) atoms. The number of nitrogens with one attached hydrogen (secondary N) is 1. The largest absolute Gasteiger partial charge is 0.416 e. The highest BCUT2D eigenvalue weighted by atomic mass is 19.4. The molecule has 6 nitrogen and oxygen atoms in total. The van der Waals surface area contributed by atoms with E-state index < -0.39 is 22.6 Å². The molecule has 0 fully saturated rings. The van der Waals surface area contributed by atoms with Crippen molar-refractivity contribution in [3.63, 3.8) is 0 Å². The van der Waals surface area contributed by atoms with Gasteiger partial charge < -0.3 is 5.32 Å². The molecule has 0 spiro atoms. The molecule has 2 rings (SSSR count). The fourth-order valence-corrected chi connectivity index (χ4v) is 1.57. The highest BCUT2D eigenvalue weighted by Crippen LogP contribution is 2.29. The van der Waals surface area contributed by atoms with Crippen LogP contribution < -0.4 is 5.32 Å². The zero-order chi connectivity index (χ0) is 16.3. The highest BCUT2D eigenvalue weighted by molar-refractivity contribution is 6.03. The van der Waals surface area contributed by atoms with E-state index in [9.17, 15) is 28.1 Å². The molecule has 1 N–H and O–H groups in total. The number of nitrogens with zero attached hydrogens (tertiary/aromatic N) is 2. The summed E-state index contributed by atoms with van der Waals surface area (Å²) >= 11 is 0. The van der Waals surface area contributed by atoms with Gasteiger partial charge in [0, 0.05) is 11.6 Å². The zero-order valence-electron chi connectivity index (χ0n) is 10.8. The standard InChI is InChI=1S/C13H8F3N3O3/c14-13(15,16)9-3-1-8(2-4-9)12(20)18-11-6-5-10(7-17-11)19(21)22/h1-7H,(H,17,18,20). The van der Waals surface area contributed by atoms with Crippen LogP contribution in [0.5, 0.6) is 0 Å². The molecule has 2 aromatic rings. The highest BCUT2D eigenvalue weighted by Gasteiger charge is 2.30. The van der Waals surface area contributed by atoms with Crippen LogP contribution in [-0.4, -0.2) is 15.8 Å². The number of anilines is 1. The van der Waals surface area contributed by atoms with Crippen molar-refractivity contribution in [3.8, 4) is 0 Å². The number of pyridine rings is 1. The number of rotatable bonds is 3. The summed E-state index contributed by atoms with van der Waals surface area (Å²) in [6.45, 7) is 0. The molecule has 9 heteroatoms. The molecule has 114 valence electrons. The van der Waals surface area contributed by atoms with Gasteiger partial charge in [-0.05, 0) is 30.3 Å². The number of aromatic nitrogens is 1. The second-order valence-electron chi connectivity index (χ2n) is 4.19. The van der Waals surface area contributed by atoms with Crippen molar-refractivity contribution < 1.29 is 22.9 Å². The van der Waals surface area contributed by atoms with Gasteiger partial charge in [-0.1, -0.05) is 0 Å². The normalized spacial score (nSPS) is 11.0. The minimum Gasteiger partial charge on any atom is -0.307 e. The van der Waals surface area contributed by atoms with Crippen LogP contribution in [0.25, 0.3) is 0 Å². The van der Waals surface area contributed by atoms with Gasteiger partial charge in [0.1, 0.15) is 12.0 Å². The van der Waals surface area contributed by atoms with Crippen molar-refractivity contribution in [2.75, 3.05) is 5.32 Å². The zero-order valence-corrected chi connectivity index (χ0v) is 10.8. The lowest BCUT2D eigenvalue weighted by molar-refractivity contribution is -0.385. The summed E-state index contributed by atoms with van der Waals surface area (Å²) in [7, 11) is 0. The Morgan fingerprint density at radius 3 is 2.23 bits per heavy atom. The summed E-state index contributed by atoms with van der Waals surface area (Å²) in [5.41, 5.74) is -1.10. The Morgan fingerprint density at radius 1 is 1.14 bits per heavy atom. The number of hydrogen-bond donors (Lipinski definition) is 1. The van der Waals surface area contributed by atoms with E-state index in [2.05, 4.69) is 10.3 Å². The van der Waals surface area contributed by atoms with E-state index in [-0.39, 0.29) is 17.1 Å². The third-order valence-electron chi connectivity index (χ3n) is 2.67. The van der Waals surface area contributed by atoms with Gasteiger partial charge in [-0.15, -0.1) is 0 Å². The molecule has 0 aliphatic rings. The van der Waals surface area contributed by atoms with E-state index in [1.807, 2.05) is 0 Å². The Bertz CT molecular complexity index is 697. The second-order valence-corrected chi connectivity index (χ2v) is 4.19. The van der Waals surface area contributed by atoms with Crippen LogP contribution >= 0.6 is 0 Å². The first-order valence-corrected chi connectivity index (χ1v) is 5.86. The van der Waals surface area contributed by atoms with Crippen LogP contribution in [0, 0.1) is 10.1 Å². The summed E-state index contributed by atoms with van der Waals surface area (Å²) in [6.07, 6.45) is -3.52. The van der Waals surface area contributed by atoms with Gasteiger partial charge in [-0.3, -0.25) is 14.9 Å². The maximum atomic E-state index is 12.4. The Kier molecular flexibility index (Phi) is 4.06. The van der Waals surface area contributed by atoms with Crippen LogP contribution in [-0.2, 0) is 6.18 Å². The van der Waals surface area contributed by atoms with Crippen molar-refractivity contribution in [3.05, 3.63) is 63.8 Å². The van der Waals surface area contributed by atoms with E-state index >= 15 is 0 Å². The summed E-state index contributed by atoms with van der Waals surface area (Å²) in [6, 6.07) is 6.01. The first-order valence-electron chi connectivity index (χ1n) is 5.86. The Morgan fingerprint density at radius 2 is 1.77 bits per heavy atom. The van der Waals surface area contributed by atoms with Crippen molar-refractivity contribution in [2.24, 2.45) is 0 Å². The van der Waals surface area contributed by atoms with E-state index in [4.69, 9.17) is 0 Å². The fourth-order valence-electron chi connectivity index (χ4n) is 1.57. The number of halogens is 3. The van der Waals surface area contributed by atoms with Gasteiger partial charge in [0.05, 0.1) is 10.5 Å². The first kappa shape index (κ1) is 15.4. The lowest BCUT2D eigenvalue weighted by Gasteiger charge is -2.08. The first-order chi connectivity index (χ1) is 10.3. The average molecular weight is 311 g/mol. The Balaban J connectivity index is 2.10. The van der Waals surface area contributed by atoms with Crippen LogP contribution in [0.3, 0.4) is 0 Å². The molecule has 0 unspecified atom stereocenters. The lowest BCUT2D eigenvalue weighted by Crippen LogP contribution is -2.13. The molecule has 0 saturated carbocycles. The topological polar surface area (TPSA) is 85.1 Å². The number of benzene rings is 1. The fraction of sp³-hybridized carbons (Fsp3) is 0.0769. The SMILES string of the molecule is O=C(Nc1ccc([N+](=O)[O-])cn1)c1ccc(C(F)(F)F)cc1. The molecule has 0 bridgehead atoms. The minimum atomic E-state index is -4.48.